The number of nitrogen functional groups attached to an aromatic ring is 1. The van der Waals surface area contributed by atoms with Gasteiger partial charge in [-0.1, -0.05) is 12.1 Å². The van der Waals surface area contributed by atoms with Crippen LogP contribution in [0, 0.1) is 0 Å². The number of hydrogen-bond acceptors (Lipinski definition) is 4. The van der Waals surface area contributed by atoms with E-state index in [1.807, 2.05) is 0 Å². The molecule has 1 unspecified atom stereocenters. The van der Waals surface area contributed by atoms with Crippen molar-refractivity contribution < 1.29 is 4.52 Å². The molecular formula is C9H15N3O. The Morgan fingerprint density at radius 2 is 2.62 bits per heavy atom. The summed E-state index contributed by atoms with van der Waals surface area (Å²) >= 11 is 0. The maximum atomic E-state index is 5.73. The third-order valence-corrected chi connectivity index (χ3v) is 2.72. The van der Waals surface area contributed by atoms with Crippen LogP contribution in [0.4, 0.5) is 5.69 Å². The molecule has 1 fully saturated rings. The first-order valence-corrected chi connectivity index (χ1v) is 4.73. The number of nitrogens with two attached hydrogens (primary N) is 1. The van der Waals surface area contributed by atoms with E-state index >= 15 is 0 Å². The molecule has 13 heavy (non-hydrogen) atoms. The molecule has 0 saturated carbocycles. The van der Waals surface area contributed by atoms with E-state index < -0.39 is 0 Å². The zero-order valence-electron chi connectivity index (χ0n) is 7.86. The van der Waals surface area contributed by atoms with Crippen LogP contribution in [0.3, 0.4) is 0 Å². The van der Waals surface area contributed by atoms with E-state index in [9.17, 15) is 0 Å². The van der Waals surface area contributed by atoms with Gasteiger partial charge in [0.2, 0.25) is 0 Å². The minimum absolute atomic E-state index is 0.447. The van der Waals surface area contributed by atoms with Crippen LogP contribution < -0.4 is 5.73 Å². The van der Waals surface area contributed by atoms with Crippen molar-refractivity contribution >= 4 is 5.69 Å². The first-order chi connectivity index (χ1) is 6.31. The smallest absolute Gasteiger partial charge is 0.163 e. The van der Waals surface area contributed by atoms with Crippen molar-refractivity contribution in [1.29, 1.82) is 0 Å². The van der Waals surface area contributed by atoms with E-state index in [1.165, 1.54) is 0 Å². The molecule has 0 spiro atoms. The van der Waals surface area contributed by atoms with Gasteiger partial charge in [0, 0.05) is 12.5 Å². The van der Waals surface area contributed by atoms with Crippen molar-refractivity contribution in [2.75, 3.05) is 25.4 Å². The average Bonchev–Trinajstić information content (AvgIpc) is 2.71. The lowest BCUT2D eigenvalue weighted by Crippen LogP contribution is -2.19. The van der Waals surface area contributed by atoms with Crippen molar-refractivity contribution in [2.45, 2.75) is 19.3 Å². The van der Waals surface area contributed by atoms with Gasteiger partial charge < -0.3 is 15.2 Å². The van der Waals surface area contributed by atoms with Crippen molar-refractivity contribution in [3.05, 3.63) is 12.0 Å². The number of likely N-dealkylation sites (N-methyl/N-ethyl adjacent to an activating group) is 1. The van der Waals surface area contributed by atoms with Gasteiger partial charge in [0.25, 0.3) is 0 Å². The topological polar surface area (TPSA) is 55.3 Å². The van der Waals surface area contributed by atoms with Gasteiger partial charge in [-0.15, -0.1) is 0 Å². The van der Waals surface area contributed by atoms with Crippen molar-refractivity contribution in [1.82, 2.24) is 10.1 Å². The molecule has 1 atom stereocenters. The molecule has 72 valence electrons. The van der Waals surface area contributed by atoms with E-state index in [2.05, 4.69) is 17.0 Å². The molecule has 0 bridgehead atoms. The fourth-order valence-corrected chi connectivity index (χ4v) is 1.90. The molecule has 0 aliphatic carbocycles. The van der Waals surface area contributed by atoms with Crippen LogP contribution in [0.25, 0.3) is 0 Å². The molecule has 2 heterocycles. The van der Waals surface area contributed by atoms with Crippen LogP contribution in [0.1, 0.15) is 25.0 Å². The average molecular weight is 181 g/mol. The summed E-state index contributed by atoms with van der Waals surface area (Å²) in [5.74, 6) is 1.32. The number of anilines is 1. The second-order valence-electron chi connectivity index (χ2n) is 3.52. The summed E-state index contributed by atoms with van der Waals surface area (Å²) in [5.41, 5.74) is 6.43. The van der Waals surface area contributed by atoms with Crippen molar-refractivity contribution in [3.63, 3.8) is 0 Å². The van der Waals surface area contributed by atoms with E-state index in [0.29, 0.717) is 11.6 Å². The summed E-state index contributed by atoms with van der Waals surface area (Å²) < 4.78 is 5.14. The quantitative estimate of drug-likeness (QED) is 0.741. The van der Waals surface area contributed by atoms with Crippen LogP contribution in [0.5, 0.6) is 0 Å². The third kappa shape index (κ3) is 1.54. The predicted octanol–water partition coefficient (Wildman–Crippen LogP) is 1.07. The molecule has 2 rings (SSSR count). The molecule has 4 nitrogen and oxygen atoms in total. The number of nitrogens with zero attached hydrogens (tertiary/aromatic N) is 2. The first kappa shape index (κ1) is 8.56. The molecule has 0 aromatic carbocycles. The summed E-state index contributed by atoms with van der Waals surface area (Å²) in [6, 6.07) is 0. The predicted molar refractivity (Wildman–Crippen MR) is 50.4 cm³/mol. The SMILES string of the molecule is CCN1CCC(c2oncc2N)C1. The molecule has 1 saturated heterocycles. The van der Waals surface area contributed by atoms with E-state index in [4.69, 9.17) is 10.3 Å². The zero-order chi connectivity index (χ0) is 9.26. The zero-order valence-corrected chi connectivity index (χ0v) is 7.86. The Hall–Kier alpha value is -1.03. The Balaban J connectivity index is 2.08. The van der Waals surface area contributed by atoms with Gasteiger partial charge in [-0.2, -0.15) is 0 Å². The van der Waals surface area contributed by atoms with Crippen molar-refractivity contribution in [3.8, 4) is 0 Å². The Labute approximate surface area is 77.7 Å². The Morgan fingerprint density at radius 1 is 1.77 bits per heavy atom. The standard InChI is InChI=1S/C9H15N3O/c1-2-12-4-3-7(6-12)9-8(10)5-11-13-9/h5,7H,2-4,6,10H2,1H3. The third-order valence-electron chi connectivity index (χ3n) is 2.72. The lowest BCUT2D eigenvalue weighted by Gasteiger charge is -2.11. The normalized spacial score (nSPS) is 23.9. The molecule has 2 N–H and O–H groups in total. The van der Waals surface area contributed by atoms with Gasteiger partial charge in [0.15, 0.2) is 5.76 Å². The summed E-state index contributed by atoms with van der Waals surface area (Å²) in [6.45, 7) is 5.47. The minimum atomic E-state index is 0.447. The maximum Gasteiger partial charge on any atom is 0.163 e. The van der Waals surface area contributed by atoms with E-state index in [0.717, 1.165) is 31.8 Å². The van der Waals surface area contributed by atoms with Crippen LogP contribution in [0.15, 0.2) is 10.7 Å². The van der Waals surface area contributed by atoms with Gasteiger partial charge in [0.05, 0.1) is 11.9 Å². The van der Waals surface area contributed by atoms with E-state index in [1.54, 1.807) is 6.20 Å². The monoisotopic (exact) mass is 181 g/mol. The minimum Gasteiger partial charge on any atom is -0.395 e. The molecule has 1 aliphatic heterocycles. The molecule has 1 aromatic rings. The van der Waals surface area contributed by atoms with Crippen molar-refractivity contribution in [2.24, 2.45) is 0 Å². The highest BCUT2D eigenvalue weighted by atomic mass is 16.5. The number of aromatic nitrogens is 1. The lowest BCUT2D eigenvalue weighted by molar-refractivity contribution is 0.330. The van der Waals surface area contributed by atoms with E-state index in [-0.39, 0.29) is 0 Å². The highest BCUT2D eigenvalue weighted by Crippen LogP contribution is 2.30. The van der Waals surface area contributed by atoms with Gasteiger partial charge in [-0.05, 0) is 19.5 Å². The number of hydrogen-bond donors (Lipinski definition) is 1. The highest BCUT2D eigenvalue weighted by Gasteiger charge is 2.27. The maximum absolute atomic E-state index is 5.73. The first-order valence-electron chi connectivity index (χ1n) is 4.73. The van der Waals surface area contributed by atoms with Gasteiger partial charge in [0.1, 0.15) is 0 Å². The molecule has 4 heteroatoms. The molecule has 1 aromatic heterocycles. The fraction of sp³-hybridized carbons (Fsp3) is 0.667. The number of likely N-dealkylation sites (tertiary alicyclic amines) is 1. The summed E-state index contributed by atoms with van der Waals surface area (Å²) in [7, 11) is 0. The van der Waals surface area contributed by atoms with Crippen LogP contribution in [-0.2, 0) is 0 Å². The van der Waals surface area contributed by atoms with Gasteiger partial charge in [-0.25, -0.2) is 0 Å². The Kier molecular flexibility index (Phi) is 2.22. The Morgan fingerprint density at radius 3 is 3.15 bits per heavy atom. The molecule has 1 aliphatic rings. The molecular weight excluding hydrogens is 166 g/mol. The second kappa shape index (κ2) is 3.38. The summed E-state index contributed by atoms with van der Waals surface area (Å²) in [4.78, 5) is 2.40. The molecule has 0 radical (unpaired) electrons. The van der Waals surface area contributed by atoms with Crippen LogP contribution in [0.2, 0.25) is 0 Å². The Bertz CT molecular complexity index is 284. The summed E-state index contributed by atoms with van der Waals surface area (Å²) in [6.07, 6.45) is 2.72. The summed E-state index contributed by atoms with van der Waals surface area (Å²) in [5, 5.41) is 3.70. The fourth-order valence-electron chi connectivity index (χ4n) is 1.90. The largest absolute Gasteiger partial charge is 0.395 e. The number of rotatable bonds is 2. The second-order valence-corrected chi connectivity index (χ2v) is 3.52. The van der Waals surface area contributed by atoms with Gasteiger partial charge in [-0.3, -0.25) is 0 Å². The molecule has 0 amide bonds. The van der Waals surface area contributed by atoms with Gasteiger partial charge >= 0.3 is 0 Å². The van der Waals surface area contributed by atoms with Crippen LogP contribution >= 0.6 is 0 Å². The lowest BCUT2D eigenvalue weighted by atomic mass is 10.1. The highest BCUT2D eigenvalue weighted by molar-refractivity contribution is 5.40. The van der Waals surface area contributed by atoms with Crippen LogP contribution in [-0.4, -0.2) is 29.7 Å².